The summed E-state index contributed by atoms with van der Waals surface area (Å²) < 4.78 is 7.50. The minimum absolute atomic E-state index is 0.120. The van der Waals surface area contributed by atoms with Gasteiger partial charge in [-0.25, -0.2) is 0 Å². The van der Waals surface area contributed by atoms with E-state index in [0.29, 0.717) is 23.6 Å². The van der Waals surface area contributed by atoms with Crippen molar-refractivity contribution >= 4 is 5.91 Å². The van der Waals surface area contributed by atoms with Crippen LogP contribution in [0.4, 0.5) is 0 Å². The average Bonchev–Trinajstić information content (AvgIpc) is 3.61. The van der Waals surface area contributed by atoms with Crippen LogP contribution >= 0.6 is 0 Å². The van der Waals surface area contributed by atoms with Crippen molar-refractivity contribution in [3.8, 4) is 28.4 Å². The third-order valence-corrected chi connectivity index (χ3v) is 7.77. The van der Waals surface area contributed by atoms with Crippen molar-refractivity contribution in [1.82, 2.24) is 19.7 Å². The van der Waals surface area contributed by atoms with Gasteiger partial charge in [-0.2, -0.15) is 0 Å². The summed E-state index contributed by atoms with van der Waals surface area (Å²) in [5.74, 6) is 0.849. The normalized spacial score (nSPS) is 13.9. The van der Waals surface area contributed by atoms with Crippen molar-refractivity contribution in [2.75, 3.05) is 46.4 Å². The van der Waals surface area contributed by atoms with Gasteiger partial charge in [-0.05, 0) is 86.4 Å². The van der Waals surface area contributed by atoms with Crippen molar-refractivity contribution in [1.29, 1.82) is 0 Å². The van der Waals surface area contributed by atoms with Crippen LogP contribution in [0.25, 0.3) is 16.9 Å². The molecular weight excluding hydrogens is 488 g/mol. The number of ether oxygens (including phenoxy) is 1. The molecule has 0 spiro atoms. The van der Waals surface area contributed by atoms with Gasteiger partial charge in [0, 0.05) is 37.0 Å². The Hall–Kier alpha value is -3.29. The molecule has 1 saturated heterocycles. The maximum Gasteiger partial charge on any atom is 0.268 e. The number of nitrogens with one attached hydrogen (secondary N) is 1. The van der Waals surface area contributed by atoms with Crippen LogP contribution in [0.1, 0.15) is 68.1 Å². The minimum Gasteiger partial charge on any atom is -0.507 e. The number of likely N-dealkylation sites (N-methyl/N-ethyl adjacent to an activating group) is 1. The van der Waals surface area contributed by atoms with Crippen LogP contribution in [-0.2, 0) is 6.54 Å². The smallest absolute Gasteiger partial charge is 0.268 e. The summed E-state index contributed by atoms with van der Waals surface area (Å²) in [4.78, 5) is 18.2. The number of carbonyl (C=O) groups is 1. The number of amides is 1. The first-order valence-electron chi connectivity index (χ1n) is 14.3. The lowest BCUT2D eigenvalue weighted by molar-refractivity contribution is 0.0942. The Labute approximate surface area is 233 Å². The zero-order valence-electron chi connectivity index (χ0n) is 24.2. The van der Waals surface area contributed by atoms with Crippen LogP contribution in [0, 0.1) is 0 Å². The maximum absolute atomic E-state index is 13.5. The monoisotopic (exact) mass is 532 g/mol. The summed E-state index contributed by atoms with van der Waals surface area (Å²) in [6, 6.07) is 15.9. The van der Waals surface area contributed by atoms with Gasteiger partial charge in [-0.15, -0.1) is 0 Å². The van der Waals surface area contributed by atoms with E-state index in [1.54, 1.807) is 13.2 Å². The molecule has 1 aliphatic rings. The average molecular weight is 533 g/mol. The highest BCUT2D eigenvalue weighted by molar-refractivity contribution is 5.95. The molecule has 1 aliphatic heterocycles. The first-order chi connectivity index (χ1) is 18.9. The molecule has 7 nitrogen and oxygen atoms in total. The predicted molar refractivity (Wildman–Crippen MR) is 158 cm³/mol. The highest BCUT2D eigenvalue weighted by Crippen LogP contribution is 2.40. The predicted octanol–water partition coefficient (Wildman–Crippen LogP) is 5.65. The van der Waals surface area contributed by atoms with Crippen LogP contribution in [0.5, 0.6) is 11.5 Å². The van der Waals surface area contributed by atoms with E-state index < -0.39 is 0 Å². The van der Waals surface area contributed by atoms with Gasteiger partial charge in [0.15, 0.2) is 0 Å². The fourth-order valence-corrected chi connectivity index (χ4v) is 5.43. The fourth-order valence-electron chi connectivity index (χ4n) is 5.43. The van der Waals surface area contributed by atoms with E-state index in [9.17, 15) is 9.90 Å². The SMILES string of the molecule is CCN(CC)CCNC(=O)c1ccc(-c2cc(C(C)C)c(OC)cc2O)n1-c1ccc(CN2CCCC2)cc1. The molecule has 0 radical (unpaired) electrons. The van der Waals surface area contributed by atoms with E-state index in [1.165, 1.54) is 18.4 Å². The highest BCUT2D eigenvalue weighted by Gasteiger charge is 2.22. The largest absolute Gasteiger partial charge is 0.507 e. The van der Waals surface area contributed by atoms with Gasteiger partial charge in [-0.1, -0.05) is 39.8 Å². The van der Waals surface area contributed by atoms with Crippen molar-refractivity contribution in [3.05, 3.63) is 65.4 Å². The third kappa shape index (κ3) is 6.65. The van der Waals surface area contributed by atoms with Gasteiger partial charge in [0.1, 0.15) is 17.2 Å². The molecule has 2 aromatic carbocycles. The second-order valence-electron chi connectivity index (χ2n) is 10.6. The van der Waals surface area contributed by atoms with Crippen molar-refractivity contribution in [2.45, 2.75) is 53.0 Å². The highest BCUT2D eigenvalue weighted by atomic mass is 16.5. The van der Waals surface area contributed by atoms with Crippen molar-refractivity contribution in [2.24, 2.45) is 0 Å². The summed E-state index contributed by atoms with van der Waals surface area (Å²) in [6.45, 7) is 15.0. The molecule has 210 valence electrons. The number of phenolic OH excluding ortho intramolecular Hbond substituents is 1. The van der Waals surface area contributed by atoms with Crippen molar-refractivity contribution < 1.29 is 14.6 Å². The number of aromatic nitrogens is 1. The van der Waals surface area contributed by atoms with Gasteiger partial charge in [0.25, 0.3) is 5.91 Å². The van der Waals surface area contributed by atoms with E-state index in [-0.39, 0.29) is 17.6 Å². The molecule has 2 heterocycles. The van der Waals surface area contributed by atoms with E-state index in [0.717, 1.165) is 56.2 Å². The number of nitrogens with zero attached hydrogens (tertiary/aromatic N) is 3. The second-order valence-corrected chi connectivity index (χ2v) is 10.6. The quantitative estimate of drug-likeness (QED) is 0.316. The molecule has 0 atom stereocenters. The lowest BCUT2D eigenvalue weighted by atomic mass is 9.97. The molecule has 1 aromatic heterocycles. The van der Waals surface area contributed by atoms with Gasteiger partial charge in [0.2, 0.25) is 0 Å². The Morgan fingerprint density at radius 3 is 2.36 bits per heavy atom. The Bertz CT molecular complexity index is 1240. The number of hydrogen-bond acceptors (Lipinski definition) is 5. The lowest BCUT2D eigenvalue weighted by Gasteiger charge is -2.20. The zero-order chi connectivity index (χ0) is 27.9. The lowest BCUT2D eigenvalue weighted by Crippen LogP contribution is -2.35. The number of rotatable bonds is 12. The van der Waals surface area contributed by atoms with Gasteiger partial charge in [-0.3, -0.25) is 9.69 Å². The number of likely N-dealkylation sites (tertiary alicyclic amines) is 1. The number of methoxy groups -OCH3 is 1. The van der Waals surface area contributed by atoms with Crippen molar-refractivity contribution in [3.63, 3.8) is 0 Å². The van der Waals surface area contributed by atoms with E-state index in [1.807, 2.05) is 22.8 Å². The van der Waals surface area contributed by atoms with Crippen LogP contribution in [0.3, 0.4) is 0 Å². The Balaban J connectivity index is 1.72. The summed E-state index contributed by atoms with van der Waals surface area (Å²) in [7, 11) is 1.62. The molecule has 1 amide bonds. The van der Waals surface area contributed by atoms with Crippen LogP contribution in [0.2, 0.25) is 0 Å². The number of hydrogen-bond donors (Lipinski definition) is 2. The molecule has 7 heteroatoms. The molecule has 0 saturated carbocycles. The molecule has 2 N–H and O–H groups in total. The standard InChI is InChI=1S/C32H44N4O3/c1-6-34(7-2)19-16-33-32(38)29-15-14-28(27-20-26(23(3)4)31(39-5)21-30(27)37)36(29)25-12-10-24(11-13-25)22-35-17-8-9-18-35/h10-15,20-21,23,37H,6-9,16-19,22H2,1-5H3,(H,33,38). The van der Waals surface area contributed by atoms with Gasteiger partial charge >= 0.3 is 0 Å². The van der Waals surface area contributed by atoms with E-state index >= 15 is 0 Å². The van der Waals surface area contributed by atoms with Crippen LogP contribution in [-0.4, -0.2) is 71.8 Å². The summed E-state index contributed by atoms with van der Waals surface area (Å²) in [5, 5.41) is 14.2. The van der Waals surface area contributed by atoms with Gasteiger partial charge in [0.05, 0.1) is 12.8 Å². The fraction of sp³-hybridized carbons (Fsp3) is 0.469. The summed E-state index contributed by atoms with van der Waals surface area (Å²) in [6.07, 6.45) is 2.53. The van der Waals surface area contributed by atoms with E-state index in [2.05, 4.69) is 67.1 Å². The van der Waals surface area contributed by atoms with E-state index in [4.69, 9.17) is 4.74 Å². The Morgan fingerprint density at radius 1 is 1.05 bits per heavy atom. The Kier molecular flexibility index (Phi) is 9.70. The summed E-state index contributed by atoms with van der Waals surface area (Å²) in [5.41, 5.74) is 5.12. The number of aromatic hydroxyl groups is 1. The molecule has 0 unspecified atom stereocenters. The molecule has 39 heavy (non-hydrogen) atoms. The number of phenols is 1. The third-order valence-electron chi connectivity index (χ3n) is 7.77. The maximum atomic E-state index is 13.5. The molecule has 3 aromatic rings. The molecular formula is C32H44N4O3. The van der Waals surface area contributed by atoms with Crippen LogP contribution in [0.15, 0.2) is 48.5 Å². The second kappa shape index (κ2) is 13.2. The minimum atomic E-state index is -0.133. The summed E-state index contributed by atoms with van der Waals surface area (Å²) >= 11 is 0. The first-order valence-corrected chi connectivity index (χ1v) is 14.3. The zero-order valence-corrected chi connectivity index (χ0v) is 24.2. The Morgan fingerprint density at radius 2 is 1.74 bits per heavy atom. The molecule has 1 fully saturated rings. The molecule has 4 rings (SSSR count). The molecule has 0 aliphatic carbocycles. The number of carbonyl (C=O) groups excluding carboxylic acids is 1. The van der Waals surface area contributed by atoms with Gasteiger partial charge < -0.3 is 24.6 Å². The molecule has 0 bridgehead atoms. The van der Waals surface area contributed by atoms with Crippen LogP contribution < -0.4 is 10.1 Å². The first kappa shape index (κ1) is 28.7. The number of benzene rings is 2. The topological polar surface area (TPSA) is 70.0 Å².